The fourth-order valence-electron chi connectivity index (χ4n) is 2.41. The Morgan fingerprint density at radius 3 is 2.42 bits per heavy atom. The minimum atomic E-state index is -0.247. The molecule has 3 nitrogen and oxygen atoms in total. The number of thioether (sulfide) groups is 1. The molecule has 128 valence electrons. The highest BCUT2D eigenvalue weighted by Crippen LogP contribution is 2.30. The Kier molecular flexibility index (Phi) is 6.27. The van der Waals surface area contributed by atoms with Gasteiger partial charge in [0, 0.05) is 19.6 Å². The second kappa shape index (κ2) is 8.23. The van der Waals surface area contributed by atoms with Crippen LogP contribution in [0.3, 0.4) is 0 Å². The molecule has 0 aromatic heterocycles. The molecule has 3 rings (SSSR count). The molecule has 0 saturated carbocycles. The van der Waals surface area contributed by atoms with Gasteiger partial charge in [0.05, 0.1) is 0 Å². The minimum Gasteiger partial charge on any atom is -0.488 e. The van der Waals surface area contributed by atoms with Crippen molar-refractivity contribution in [2.24, 2.45) is 0 Å². The molecule has 0 N–H and O–H groups in total. The van der Waals surface area contributed by atoms with Gasteiger partial charge in [0.2, 0.25) is 0 Å². The third-order valence-corrected chi connectivity index (χ3v) is 5.52. The predicted octanol–water partition coefficient (Wildman–Crippen LogP) is 5.91. The number of rotatable bonds is 6. The maximum absolute atomic E-state index is 5.77. The van der Waals surface area contributed by atoms with Crippen molar-refractivity contribution in [1.29, 1.82) is 0 Å². The maximum Gasteiger partial charge on any atom is 0.197 e. The Morgan fingerprint density at radius 1 is 1.08 bits per heavy atom. The molecule has 2 aromatic carbocycles. The standard InChI is InChI=1S/C18H18Br2O3S/c1-11-5-16(24-10-13-6-14(19)8-15(20)7-13)3-4-17(11)21-9-18-22-12(2)23-18/h3-8,12,18H,9-10H2,1-2H3. The average molecular weight is 474 g/mol. The molecule has 0 bridgehead atoms. The maximum atomic E-state index is 5.77. The number of aryl methyl sites for hydroxylation is 1. The van der Waals surface area contributed by atoms with E-state index in [2.05, 4.69) is 63.0 Å². The summed E-state index contributed by atoms with van der Waals surface area (Å²) in [4.78, 5) is 1.22. The Bertz CT molecular complexity index is 697. The van der Waals surface area contributed by atoms with Crippen LogP contribution in [0.2, 0.25) is 0 Å². The first-order valence-corrected chi connectivity index (χ1v) is 10.2. The fraction of sp³-hybridized carbons (Fsp3) is 0.333. The van der Waals surface area contributed by atoms with Crippen LogP contribution in [0.15, 0.2) is 50.2 Å². The molecular formula is C18H18Br2O3S. The third kappa shape index (κ3) is 4.99. The smallest absolute Gasteiger partial charge is 0.197 e. The van der Waals surface area contributed by atoms with Gasteiger partial charge in [-0.3, -0.25) is 0 Å². The normalized spacial score (nSPS) is 19.8. The van der Waals surface area contributed by atoms with Gasteiger partial charge in [0.25, 0.3) is 0 Å². The van der Waals surface area contributed by atoms with Gasteiger partial charge in [-0.05, 0) is 61.4 Å². The number of halogens is 2. The molecule has 1 aliphatic rings. The summed E-state index contributed by atoms with van der Waals surface area (Å²) in [5.41, 5.74) is 2.38. The highest BCUT2D eigenvalue weighted by Gasteiger charge is 2.27. The van der Waals surface area contributed by atoms with E-state index < -0.39 is 0 Å². The van der Waals surface area contributed by atoms with Gasteiger partial charge in [-0.1, -0.05) is 31.9 Å². The lowest BCUT2D eigenvalue weighted by Crippen LogP contribution is -2.42. The van der Waals surface area contributed by atoms with Crippen LogP contribution < -0.4 is 4.74 Å². The van der Waals surface area contributed by atoms with E-state index in [1.165, 1.54) is 10.5 Å². The SMILES string of the molecule is Cc1cc(SCc2cc(Br)cc(Br)c2)ccc1OCC1OC(C)O1. The molecule has 1 fully saturated rings. The fourth-order valence-corrected chi connectivity index (χ4v) is 4.72. The summed E-state index contributed by atoms with van der Waals surface area (Å²) in [5, 5.41) is 0. The van der Waals surface area contributed by atoms with Crippen molar-refractivity contribution in [3.05, 3.63) is 56.5 Å². The largest absolute Gasteiger partial charge is 0.488 e. The highest BCUT2D eigenvalue weighted by atomic mass is 79.9. The van der Waals surface area contributed by atoms with E-state index in [-0.39, 0.29) is 12.6 Å². The Morgan fingerprint density at radius 2 is 1.79 bits per heavy atom. The molecule has 0 atom stereocenters. The molecule has 1 heterocycles. The summed E-state index contributed by atoms with van der Waals surface area (Å²) in [6.07, 6.45) is -0.361. The van der Waals surface area contributed by atoms with Gasteiger partial charge in [-0.15, -0.1) is 11.8 Å². The summed E-state index contributed by atoms with van der Waals surface area (Å²) in [5.74, 6) is 1.79. The van der Waals surface area contributed by atoms with E-state index in [9.17, 15) is 0 Å². The van der Waals surface area contributed by atoms with Crippen molar-refractivity contribution in [3.8, 4) is 5.75 Å². The van der Waals surface area contributed by atoms with Crippen molar-refractivity contribution >= 4 is 43.6 Å². The Balaban J connectivity index is 1.55. The van der Waals surface area contributed by atoms with Gasteiger partial charge >= 0.3 is 0 Å². The highest BCUT2D eigenvalue weighted by molar-refractivity contribution is 9.11. The molecule has 0 radical (unpaired) electrons. The molecular weight excluding hydrogens is 456 g/mol. The first-order chi connectivity index (χ1) is 11.5. The molecule has 0 unspecified atom stereocenters. The van der Waals surface area contributed by atoms with Crippen LogP contribution in [-0.2, 0) is 15.2 Å². The van der Waals surface area contributed by atoms with Crippen molar-refractivity contribution in [3.63, 3.8) is 0 Å². The van der Waals surface area contributed by atoms with E-state index >= 15 is 0 Å². The van der Waals surface area contributed by atoms with Gasteiger partial charge in [-0.2, -0.15) is 0 Å². The topological polar surface area (TPSA) is 27.7 Å². The van der Waals surface area contributed by atoms with Crippen LogP contribution in [0.1, 0.15) is 18.1 Å². The molecule has 6 heteroatoms. The Labute approximate surface area is 163 Å². The Hall–Kier alpha value is -0.530. The molecule has 0 spiro atoms. The molecule has 2 aromatic rings. The molecule has 0 aliphatic carbocycles. The van der Waals surface area contributed by atoms with E-state index in [4.69, 9.17) is 14.2 Å². The van der Waals surface area contributed by atoms with E-state index in [0.29, 0.717) is 6.61 Å². The van der Waals surface area contributed by atoms with E-state index in [1.54, 1.807) is 0 Å². The number of hydrogen-bond acceptors (Lipinski definition) is 4. The predicted molar refractivity (Wildman–Crippen MR) is 103 cm³/mol. The van der Waals surface area contributed by atoms with Gasteiger partial charge in [0.1, 0.15) is 12.4 Å². The third-order valence-electron chi connectivity index (χ3n) is 3.54. The lowest BCUT2D eigenvalue weighted by Gasteiger charge is -2.33. The van der Waals surface area contributed by atoms with Crippen molar-refractivity contribution in [2.45, 2.75) is 37.1 Å². The lowest BCUT2D eigenvalue weighted by molar-refractivity contribution is -0.380. The molecule has 1 saturated heterocycles. The van der Waals surface area contributed by atoms with Gasteiger partial charge < -0.3 is 14.2 Å². The van der Waals surface area contributed by atoms with E-state index in [1.807, 2.05) is 30.8 Å². The van der Waals surface area contributed by atoms with Crippen molar-refractivity contribution in [1.82, 2.24) is 0 Å². The van der Waals surface area contributed by atoms with Gasteiger partial charge in [-0.25, -0.2) is 0 Å². The number of benzene rings is 2. The zero-order valence-corrected chi connectivity index (χ0v) is 17.4. The summed E-state index contributed by atoms with van der Waals surface area (Å²) >= 11 is 8.86. The second-order valence-corrected chi connectivity index (χ2v) is 8.45. The monoisotopic (exact) mass is 472 g/mol. The number of ether oxygens (including phenoxy) is 3. The van der Waals surface area contributed by atoms with Crippen LogP contribution in [0.5, 0.6) is 5.75 Å². The van der Waals surface area contributed by atoms with Crippen LogP contribution >= 0.6 is 43.6 Å². The van der Waals surface area contributed by atoms with Crippen LogP contribution in [0.4, 0.5) is 0 Å². The summed E-state index contributed by atoms with van der Waals surface area (Å²) < 4.78 is 18.7. The van der Waals surface area contributed by atoms with Crippen LogP contribution in [0.25, 0.3) is 0 Å². The van der Waals surface area contributed by atoms with Crippen molar-refractivity contribution in [2.75, 3.05) is 6.61 Å². The van der Waals surface area contributed by atoms with Crippen molar-refractivity contribution < 1.29 is 14.2 Å². The summed E-state index contributed by atoms with van der Waals surface area (Å²) in [6, 6.07) is 12.6. The first-order valence-electron chi connectivity index (χ1n) is 7.62. The van der Waals surface area contributed by atoms with Crippen LogP contribution in [0, 0.1) is 6.92 Å². The lowest BCUT2D eigenvalue weighted by atomic mass is 10.2. The molecule has 24 heavy (non-hydrogen) atoms. The molecule has 0 amide bonds. The number of hydrogen-bond donors (Lipinski definition) is 0. The average Bonchev–Trinajstić information content (AvgIpc) is 2.49. The van der Waals surface area contributed by atoms with Crippen LogP contribution in [-0.4, -0.2) is 19.2 Å². The van der Waals surface area contributed by atoms with E-state index in [0.717, 1.165) is 26.0 Å². The summed E-state index contributed by atoms with van der Waals surface area (Å²) in [6.45, 7) is 4.35. The first kappa shape index (κ1) is 18.3. The zero-order chi connectivity index (χ0) is 17.1. The molecule has 1 aliphatic heterocycles. The summed E-state index contributed by atoms with van der Waals surface area (Å²) in [7, 11) is 0. The second-order valence-electron chi connectivity index (χ2n) is 5.57. The zero-order valence-electron chi connectivity index (χ0n) is 13.4. The van der Waals surface area contributed by atoms with Gasteiger partial charge in [0.15, 0.2) is 12.6 Å². The minimum absolute atomic E-state index is 0.114. The quantitative estimate of drug-likeness (QED) is 0.487.